The van der Waals surface area contributed by atoms with E-state index >= 15 is 0 Å². The number of hydrogen-bond donors (Lipinski definition) is 2. The molecule has 4 heteroatoms. The Balaban J connectivity index is 2.21. The van der Waals surface area contributed by atoms with E-state index in [0.717, 1.165) is 25.5 Å². The Hall–Kier alpha value is -1.55. The van der Waals surface area contributed by atoms with Crippen LogP contribution in [0.15, 0.2) is 29.3 Å². The average Bonchev–Trinajstić information content (AvgIpc) is 2.78. The minimum absolute atomic E-state index is 0.0877. The molecule has 2 N–H and O–H groups in total. The van der Waals surface area contributed by atoms with Crippen LogP contribution in [-0.2, 0) is 6.42 Å². The van der Waals surface area contributed by atoms with Crippen molar-refractivity contribution in [3.63, 3.8) is 0 Å². The van der Waals surface area contributed by atoms with Gasteiger partial charge in [0, 0.05) is 18.8 Å². The third kappa shape index (κ3) is 2.58. The largest absolute Gasteiger partial charge is 0.394 e. The normalized spacial score (nSPS) is 14.9. The molecule has 92 valence electrons. The molecule has 0 atom stereocenters. The van der Waals surface area contributed by atoms with E-state index in [1.807, 2.05) is 6.07 Å². The maximum absolute atomic E-state index is 8.87. The first-order chi connectivity index (χ1) is 8.36. The number of nitrogens with zero attached hydrogens (tertiary/aromatic N) is 2. The summed E-state index contributed by atoms with van der Waals surface area (Å²) in [7, 11) is 0. The van der Waals surface area contributed by atoms with Gasteiger partial charge in [-0.2, -0.15) is 0 Å². The maximum Gasteiger partial charge on any atom is 0.198 e. The lowest BCUT2D eigenvalue weighted by molar-refractivity contribution is 0.306. The first-order valence-electron chi connectivity index (χ1n) is 6.11. The smallest absolute Gasteiger partial charge is 0.198 e. The number of anilines is 1. The Labute approximate surface area is 102 Å². The molecule has 0 spiro atoms. The van der Waals surface area contributed by atoms with Gasteiger partial charge in [0.05, 0.1) is 13.2 Å². The van der Waals surface area contributed by atoms with Crippen molar-refractivity contribution in [1.29, 1.82) is 0 Å². The van der Waals surface area contributed by atoms with Crippen molar-refractivity contribution in [3.8, 4) is 0 Å². The summed E-state index contributed by atoms with van der Waals surface area (Å²) >= 11 is 0. The van der Waals surface area contributed by atoms with Crippen LogP contribution in [0.2, 0.25) is 0 Å². The van der Waals surface area contributed by atoms with E-state index in [1.54, 1.807) is 0 Å². The quantitative estimate of drug-likeness (QED) is 0.605. The van der Waals surface area contributed by atoms with Gasteiger partial charge >= 0.3 is 0 Å². The minimum Gasteiger partial charge on any atom is -0.394 e. The number of aliphatic hydroxyl groups excluding tert-OH is 1. The third-order valence-electron chi connectivity index (χ3n) is 2.84. The fourth-order valence-corrected chi connectivity index (χ4v) is 2.11. The number of guanidine groups is 1. The van der Waals surface area contributed by atoms with E-state index in [-0.39, 0.29) is 6.61 Å². The first-order valence-corrected chi connectivity index (χ1v) is 6.11. The van der Waals surface area contributed by atoms with Gasteiger partial charge in [-0.1, -0.05) is 18.2 Å². The van der Waals surface area contributed by atoms with Crippen LogP contribution < -0.4 is 10.2 Å². The highest BCUT2D eigenvalue weighted by Crippen LogP contribution is 2.27. The van der Waals surface area contributed by atoms with Crippen LogP contribution in [0.3, 0.4) is 0 Å². The zero-order chi connectivity index (χ0) is 12.1. The topological polar surface area (TPSA) is 47.9 Å². The Morgan fingerprint density at radius 1 is 1.47 bits per heavy atom. The van der Waals surface area contributed by atoms with Crippen LogP contribution in [0, 0.1) is 0 Å². The second-order valence-electron chi connectivity index (χ2n) is 3.99. The van der Waals surface area contributed by atoms with Crippen LogP contribution >= 0.6 is 0 Å². The Bertz CT molecular complexity index is 403. The van der Waals surface area contributed by atoms with Gasteiger partial charge in [0.1, 0.15) is 0 Å². The average molecular weight is 233 g/mol. The number of aliphatic hydroxyl groups is 1. The van der Waals surface area contributed by atoms with Gasteiger partial charge in [0.25, 0.3) is 0 Å². The second kappa shape index (κ2) is 5.68. The number of benzene rings is 1. The van der Waals surface area contributed by atoms with Crippen LogP contribution in [0.25, 0.3) is 0 Å². The van der Waals surface area contributed by atoms with Gasteiger partial charge in [-0.25, -0.2) is 0 Å². The predicted octanol–water partition coefficient (Wildman–Crippen LogP) is 1.01. The molecule has 0 aromatic heterocycles. The Morgan fingerprint density at radius 3 is 3.06 bits per heavy atom. The Kier molecular flexibility index (Phi) is 3.98. The van der Waals surface area contributed by atoms with Crippen molar-refractivity contribution < 1.29 is 5.11 Å². The van der Waals surface area contributed by atoms with E-state index in [1.165, 1.54) is 11.3 Å². The molecule has 4 nitrogen and oxygen atoms in total. The first kappa shape index (κ1) is 11.9. The fourth-order valence-electron chi connectivity index (χ4n) is 2.11. The summed E-state index contributed by atoms with van der Waals surface area (Å²) in [6.07, 6.45) is 1.06. The summed E-state index contributed by atoms with van der Waals surface area (Å²) in [5.74, 6) is 0.867. The van der Waals surface area contributed by atoms with E-state index in [4.69, 9.17) is 5.11 Å². The standard InChI is InChI=1S/C13H19N3O/c1-2-14-13(15-8-10-17)16-9-7-11-5-3-4-6-12(11)16/h3-6,17H,2,7-10H2,1H3,(H,14,15). The summed E-state index contributed by atoms with van der Waals surface area (Å²) in [4.78, 5) is 6.58. The summed E-state index contributed by atoms with van der Waals surface area (Å²) < 4.78 is 0. The fraction of sp³-hybridized carbons (Fsp3) is 0.462. The highest BCUT2D eigenvalue weighted by Gasteiger charge is 2.21. The molecule has 0 saturated heterocycles. The summed E-state index contributed by atoms with van der Waals surface area (Å²) in [5.41, 5.74) is 2.59. The van der Waals surface area contributed by atoms with Crippen molar-refractivity contribution in [3.05, 3.63) is 29.8 Å². The number of nitrogens with one attached hydrogen (secondary N) is 1. The van der Waals surface area contributed by atoms with Gasteiger partial charge in [0.2, 0.25) is 0 Å². The molecule has 0 amide bonds. The zero-order valence-corrected chi connectivity index (χ0v) is 10.2. The van der Waals surface area contributed by atoms with Crippen molar-refractivity contribution in [2.75, 3.05) is 31.1 Å². The number of hydrogen-bond acceptors (Lipinski definition) is 2. The van der Waals surface area contributed by atoms with E-state index in [2.05, 4.69) is 40.3 Å². The highest BCUT2D eigenvalue weighted by atomic mass is 16.3. The summed E-state index contributed by atoms with van der Waals surface area (Å²) in [5, 5.41) is 12.1. The minimum atomic E-state index is 0.0877. The SMILES string of the molecule is CCNC(=NCCO)N1CCc2ccccc21. The van der Waals surface area contributed by atoms with E-state index in [9.17, 15) is 0 Å². The number of rotatable bonds is 3. The van der Waals surface area contributed by atoms with Gasteiger partial charge in [-0.15, -0.1) is 0 Å². The summed E-state index contributed by atoms with van der Waals surface area (Å²) in [6, 6.07) is 8.39. The molecule has 0 fully saturated rings. The second-order valence-corrected chi connectivity index (χ2v) is 3.99. The molecule has 1 aliphatic heterocycles. The number of fused-ring (bicyclic) bond motifs is 1. The molecular formula is C13H19N3O. The van der Waals surface area contributed by atoms with Crippen LogP contribution in [0.5, 0.6) is 0 Å². The third-order valence-corrected chi connectivity index (χ3v) is 2.84. The van der Waals surface area contributed by atoms with Crippen molar-refractivity contribution in [2.45, 2.75) is 13.3 Å². The molecule has 17 heavy (non-hydrogen) atoms. The van der Waals surface area contributed by atoms with Crippen molar-refractivity contribution in [2.24, 2.45) is 4.99 Å². The molecule has 2 rings (SSSR count). The molecule has 0 radical (unpaired) electrons. The highest BCUT2D eigenvalue weighted by molar-refractivity contribution is 5.97. The lowest BCUT2D eigenvalue weighted by Crippen LogP contribution is -2.40. The van der Waals surface area contributed by atoms with Gasteiger partial charge in [-0.3, -0.25) is 4.99 Å². The number of para-hydroxylation sites is 1. The zero-order valence-electron chi connectivity index (χ0n) is 10.2. The monoisotopic (exact) mass is 233 g/mol. The van der Waals surface area contributed by atoms with Crippen molar-refractivity contribution in [1.82, 2.24) is 5.32 Å². The molecule has 1 heterocycles. The lowest BCUT2D eigenvalue weighted by atomic mass is 10.2. The molecule has 1 aromatic carbocycles. The van der Waals surface area contributed by atoms with Crippen molar-refractivity contribution >= 4 is 11.6 Å². The number of aliphatic imine (C=N–C) groups is 1. The van der Waals surface area contributed by atoms with Crippen LogP contribution in [-0.4, -0.2) is 37.3 Å². The molecule has 0 unspecified atom stereocenters. The lowest BCUT2D eigenvalue weighted by Gasteiger charge is -2.22. The molecule has 0 aliphatic carbocycles. The van der Waals surface area contributed by atoms with Crippen LogP contribution in [0.1, 0.15) is 12.5 Å². The molecule has 1 aromatic rings. The Morgan fingerprint density at radius 2 is 2.29 bits per heavy atom. The van der Waals surface area contributed by atoms with Gasteiger partial charge in [-0.05, 0) is 25.0 Å². The molecule has 0 saturated carbocycles. The molecule has 1 aliphatic rings. The van der Waals surface area contributed by atoms with E-state index < -0.39 is 0 Å². The summed E-state index contributed by atoms with van der Waals surface area (Å²) in [6.45, 7) is 4.38. The maximum atomic E-state index is 8.87. The van der Waals surface area contributed by atoms with Gasteiger partial charge < -0.3 is 15.3 Å². The predicted molar refractivity (Wildman–Crippen MR) is 70.6 cm³/mol. The molecule has 0 bridgehead atoms. The van der Waals surface area contributed by atoms with Gasteiger partial charge in [0.15, 0.2) is 5.96 Å². The van der Waals surface area contributed by atoms with E-state index in [0.29, 0.717) is 6.54 Å². The molecular weight excluding hydrogens is 214 g/mol. The van der Waals surface area contributed by atoms with Crippen LogP contribution in [0.4, 0.5) is 5.69 Å².